The van der Waals surface area contributed by atoms with Crippen molar-refractivity contribution in [2.45, 2.75) is 45.2 Å². The van der Waals surface area contributed by atoms with Crippen LogP contribution in [0.25, 0.3) is 0 Å². The van der Waals surface area contributed by atoms with Gasteiger partial charge in [-0.25, -0.2) is 0 Å². The van der Waals surface area contributed by atoms with E-state index in [1.54, 1.807) is 12.1 Å². The van der Waals surface area contributed by atoms with Crippen molar-refractivity contribution in [3.63, 3.8) is 0 Å². The Labute approximate surface area is 120 Å². The molecule has 4 heteroatoms. The van der Waals surface area contributed by atoms with Gasteiger partial charge in [-0.3, -0.25) is 0 Å². The highest BCUT2D eigenvalue weighted by Gasteiger charge is 2.20. The zero-order valence-corrected chi connectivity index (χ0v) is 12.1. The lowest BCUT2D eigenvalue weighted by Crippen LogP contribution is -2.33. The fourth-order valence-corrected chi connectivity index (χ4v) is 2.76. The summed E-state index contributed by atoms with van der Waals surface area (Å²) < 4.78 is 5.46. The number of ether oxygens (including phenoxy) is 1. The first-order chi connectivity index (χ1) is 9.72. The van der Waals surface area contributed by atoms with E-state index in [9.17, 15) is 5.11 Å². The molecule has 0 radical (unpaired) electrons. The molecule has 20 heavy (non-hydrogen) atoms. The Hall–Kier alpha value is -1.26. The molecule has 0 saturated heterocycles. The molecule has 1 fully saturated rings. The number of rotatable bonds is 6. The summed E-state index contributed by atoms with van der Waals surface area (Å²) in [6.07, 6.45) is 4.35. The highest BCUT2D eigenvalue weighted by Crippen LogP contribution is 2.26. The maximum atomic E-state index is 9.88. The molecule has 1 aromatic carbocycles. The average Bonchev–Trinajstić information content (AvgIpc) is 2.48. The van der Waals surface area contributed by atoms with Crippen molar-refractivity contribution in [1.29, 1.82) is 0 Å². The monoisotopic (exact) mass is 279 g/mol. The van der Waals surface area contributed by atoms with Crippen LogP contribution in [-0.4, -0.2) is 29.5 Å². The predicted molar refractivity (Wildman–Crippen MR) is 78.9 cm³/mol. The average molecular weight is 279 g/mol. The summed E-state index contributed by atoms with van der Waals surface area (Å²) in [6, 6.07) is 5.85. The van der Waals surface area contributed by atoms with Gasteiger partial charge in [-0.05, 0) is 56.7 Å². The van der Waals surface area contributed by atoms with E-state index in [-0.39, 0.29) is 0 Å². The van der Waals surface area contributed by atoms with Crippen molar-refractivity contribution in [2.75, 3.05) is 13.2 Å². The number of hydrogen-bond donors (Lipinski definition) is 3. The molecular weight excluding hydrogens is 254 g/mol. The third-order valence-corrected chi connectivity index (χ3v) is 4.05. The van der Waals surface area contributed by atoms with Crippen molar-refractivity contribution >= 4 is 0 Å². The van der Waals surface area contributed by atoms with Gasteiger partial charge in [0.2, 0.25) is 0 Å². The van der Waals surface area contributed by atoms with E-state index in [0.717, 1.165) is 37.0 Å². The molecule has 0 bridgehead atoms. The summed E-state index contributed by atoms with van der Waals surface area (Å²) >= 11 is 0. The number of aliphatic hydroxyl groups excluding tert-OH is 1. The fourth-order valence-electron chi connectivity index (χ4n) is 2.76. The maximum Gasteiger partial charge on any atom is 0.120 e. The molecule has 0 unspecified atom stereocenters. The first-order valence-electron chi connectivity index (χ1n) is 7.51. The lowest BCUT2D eigenvalue weighted by molar-refractivity contribution is 0.175. The van der Waals surface area contributed by atoms with Crippen LogP contribution in [0, 0.1) is 5.92 Å². The number of phenolic OH excluding ortho intramolecular Hbond substituents is 1. The molecule has 3 N–H and O–H groups in total. The van der Waals surface area contributed by atoms with Gasteiger partial charge in [0, 0.05) is 24.8 Å². The molecule has 2 rings (SSSR count). The van der Waals surface area contributed by atoms with E-state index < -0.39 is 0 Å². The smallest absolute Gasteiger partial charge is 0.120 e. The van der Waals surface area contributed by atoms with Gasteiger partial charge in [-0.2, -0.15) is 0 Å². The van der Waals surface area contributed by atoms with Crippen LogP contribution in [0.15, 0.2) is 18.2 Å². The second-order valence-corrected chi connectivity index (χ2v) is 5.50. The van der Waals surface area contributed by atoms with Gasteiger partial charge in [0.05, 0.1) is 6.61 Å². The molecule has 112 valence electrons. The minimum atomic E-state index is 0.309. The fraction of sp³-hybridized carbons (Fsp3) is 0.625. The van der Waals surface area contributed by atoms with E-state index in [2.05, 4.69) is 5.32 Å². The lowest BCUT2D eigenvalue weighted by atomic mass is 9.86. The summed E-state index contributed by atoms with van der Waals surface area (Å²) in [5.74, 6) is 1.58. The Kier molecular flexibility index (Phi) is 5.68. The molecule has 0 heterocycles. The molecule has 1 aromatic rings. The highest BCUT2D eigenvalue weighted by molar-refractivity contribution is 5.39. The molecule has 0 atom stereocenters. The normalized spacial score (nSPS) is 22.7. The minimum Gasteiger partial charge on any atom is -0.508 e. The van der Waals surface area contributed by atoms with Gasteiger partial charge in [-0.15, -0.1) is 0 Å². The molecule has 0 aliphatic heterocycles. The number of aliphatic hydroxyl groups is 1. The summed E-state index contributed by atoms with van der Waals surface area (Å²) in [4.78, 5) is 0. The van der Waals surface area contributed by atoms with E-state index in [1.807, 2.05) is 13.0 Å². The number of aromatic hydroxyl groups is 1. The molecule has 0 aromatic heterocycles. The Morgan fingerprint density at radius 2 is 2.00 bits per heavy atom. The quantitative estimate of drug-likeness (QED) is 0.748. The van der Waals surface area contributed by atoms with Crippen molar-refractivity contribution in [3.8, 4) is 11.5 Å². The molecular formula is C16H25NO3. The van der Waals surface area contributed by atoms with Crippen LogP contribution in [0.1, 0.15) is 38.2 Å². The van der Waals surface area contributed by atoms with Crippen molar-refractivity contribution in [3.05, 3.63) is 23.8 Å². The van der Waals surface area contributed by atoms with Gasteiger partial charge in [0.25, 0.3) is 0 Å². The SMILES string of the molecule is CCOc1ccc(O)c(CNC2CCC(CO)CC2)c1. The molecule has 0 spiro atoms. The first-order valence-corrected chi connectivity index (χ1v) is 7.51. The second kappa shape index (κ2) is 7.50. The molecule has 4 nitrogen and oxygen atoms in total. The van der Waals surface area contributed by atoms with Crippen LogP contribution in [0.2, 0.25) is 0 Å². The van der Waals surface area contributed by atoms with Crippen molar-refractivity contribution in [2.24, 2.45) is 5.92 Å². The number of nitrogens with one attached hydrogen (secondary N) is 1. The molecule has 1 aliphatic carbocycles. The van der Waals surface area contributed by atoms with E-state index in [0.29, 0.717) is 37.5 Å². The number of benzene rings is 1. The van der Waals surface area contributed by atoms with Crippen LogP contribution in [0.3, 0.4) is 0 Å². The topological polar surface area (TPSA) is 61.7 Å². The highest BCUT2D eigenvalue weighted by atomic mass is 16.5. The first kappa shape index (κ1) is 15.1. The van der Waals surface area contributed by atoms with Crippen molar-refractivity contribution in [1.82, 2.24) is 5.32 Å². The summed E-state index contributed by atoms with van der Waals surface area (Å²) in [6.45, 7) is 3.54. The summed E-state index contributed by atoms with van der Waals surface area (Å²) in [7, 11) is 0. The van der Waals surface area contributed by atoms with Gasteiger partial charge in [-0.1, -0.05) is 0 Å². The van der Waals surface area contributed by atoms with Crippen LogP contribution >= 0.6 is 0 Å². The summed E-state index contributed by atoms with van der Waals surface area (Å²) in [5, 5.41) is 22.5. The second-order valence-electron chi connectivity index (χ2n) is 5.50. The van der Waals surface area contributed by atoms with E-state index in [4.69, 9.17) is 9.84 Å². The standard InChI is InChI=1S/C16H25NO3/c1-2-20-15-7-8-16(19)13(9-15)10-17-14-5-3-12(11-18)4-6-14/h7-9,12,14,17-19H,2-6,10-11H2,1H3. The van der Waals surface area contributed by atoms with Gasteiger partial charge >= 0.3 is 0 Å². The zero-order chi connectivity index (χ0) is 14.4. The van der Waals surface area contributed by atoms with Crippen LogP contribution in [0.4, 0.5) is 0 Å². The third kappa shape index (κ3) is 4.12. The third-order valence-electron chi connectivity index (χ3n) is 4.05. The van der Waals surface area contributed by atoms with Crippen LogP contribution < -0.4 is 10.1 Å². The Bertz CT molecular complexity index is 414. The molecule has 1 aliphatic rings. The lowest BCUT2D eigenvalue weighted by Gasteiger charge is -2.28. The maximum absolute atomic E-state index is 9.88. The summed E-state index contributed by atoms with van der Waals surface area (Å²) in [5.41, 5.74) is 0.875. The van der Waals surface area contributed by atoms with E-state index >= 15 is 0 Å². The van der Waals surface area contributed by atoms with Crippen LogP contribution in [-0.2, 0) is 6.54 Å². The van der Waals surface area contributed by atoms with Crippen molar-refractivity contribution < 1.29 is 14.9 Å². The van der Waals surface area contributed by atoms with Gasteiger partial charge in [0.15, 0.2) is 0 Å². The Morgan fingerprint density at radius 1 is 1.25 bits per heavy atom. The zero-order valence-electron chi connectivity index (χ0n) is 12.1. The Morgan fingerprint density at radius 3 is 2.65 bits per heavy atom. The predicted octanol–water partition coefficient (Wildman–Crippen LogP) is 2.43. The molecule has 0 amide bonds. The largest absolute Gasteiger partial charge is 0.508 e. The minimum absolute atomic E-state index is 0.309. The Balaban J connectivity index is 1.86. The number of hydrogen-bond acceptors (Lipinski definition) is 4. The van der Waals surface area contributed by atoms with Gasteiger partial charge in [0.1, 0.15) is 11.5 Å². The van der Waals surface area contributed by atoms with Gasteiger partial charge < -0.3 is 20.3 Å². The molecule has 1 saturated carbocycles. The van der Waals surface area contributed by atoms with E-state index in [1.165, 1.54) is 0 Å². The van der Waals surface area contributed by atoms with Crippen LogP contribution in [0.5, 0.6) is 11.5 Å². The number of phenols is 1.